The van der Waals surface area contributed by atoms with Crippen LogP contribution in [0.1, 0.15) is 18.2 Å². The van der Waals surface area contributed by atoms with E-state index >= 15 is 0 Å². The van der Waals surface area contributed by atoms with Crippen molar-refractivity contribution in [3.05, 3.63) is 18.0 Å². The van der Waals surface area contributed by atoms with Crippen LogP contribution in [0.5, 0.6) is 0 Å². The first kappa shape index (κ1) is 10.7. The number of hydrogen-bond acceptors (Lipinski definition) is 4. The lowest BCUT2D eigenvalue weighted by Gasteiger charge is -2.16. The Bertz CT molecular complexity index is 323. The summed E-state index contributed by atoms with van der Waals surface area (Å²) < 4.78 is 1.43. The van der Waals surface area contributed by atoms with Crippen molar-refractivity contribution in [2.75, 3.05) is 0 Å². The second-order valence-corrected chi connectivity index (χ2v) is 3.06. The number of rotatable bonds is 4. The highest BCUT2D eigenvalue weighted by molar-refractivity contribution is 5.74. The maximum Gasteiger partial charge on any atom is 0.220 e. The first-order valence-electron chi connectivity index (χ1n) is 4.14. The van der Waals surface area contributed by atoms with Gasteiger partial charge in [-0.05, 0) is 6.07 Å². The summed E-state index contributed by atoms with van der Waals surface area (Å²) in [5.74, 6) is -0.654. The molecule has 1 rings (SSSR count). The van der Waals surface area contributed by atoms with E-state index in [4.69, 9.17) is 5.73 Å². The lowest BCUT2D eigenvalue weighted by atomic mass is 10.1. The van der Waals surface area contributed by atoms with Crippen LogP contribution in [0, 0.1) is 0 Å². The largest absolute Gasteiger partial charge is 0.389 e. The maximum absolute atomic E-state index is 10.5. The van der Waals surface area contributed by atoms with Gasteiger partial charge in [0.25, 0.3) is 0 Å². The van der Waals surface area contributed by atoms with E-state index in [1.807, 2.05) is 0 Å². The van der Waals surface area contributed by atoms with Crippen molar-refractivity contribution < 1.29 is 15.0 Å². The predicted octanol–water partition coefficient (Wildman–Crippen LogP) is -1.31. The quantitative estimate of drug-likeness (QED) is 0.560. The van der Waals surface area contributed by atoms with Crippen molar-refractivity contribution in [1.29, 1.82) is 0 Å². The Hall–Kier alpha value is -1.40. The molecule has 0 saturated carbocycles. The molecule has 1 aromatic heterocycles. The van der Waals surface area contributed by atoms with Crippen LogP contribution in [-0.4, -0.2) is 32.0 Å². The fourth-order valence-electron chi connectivity index (χ4n) is 1.19. The van der Waals surface area contributed by atoms with Gasteiger partial charge in [0.1, 0.15) is 6.10 Å². The Morgan fingerprint density at radius 1 is 1.71 bits per heavy atom. The van der Waals surface area contributed by atoms with Gasteiger partial charge in [-0.1, -0.05) is 0 Å². The van der Waals surface area contributed by atoms with Gasteiger partial charge in [-0.2, -0.15) is 5.10 Å². The maximum atomic E-state index is 10.5. The summed E-state index contributed by atoms with van der Waals surface area (Å²) in [6.07, 6.45) is -1.11. The van der Waals surface area contributed by atoms with Crippen molar-refractivity contribution in [2.24, 2.45) is 12.8 Å². The van der Waals surface area contributed by atoms with Crippen molar-refractivity contribution in [1.82, 2.24) is 9.78 Å². The van der Waals surface area contributed by atoms with Crippen LogP contribution in [0.2, 0.25) is 0 Å². The molecule has 0 aromatic carbocycles. The molecule has 6 nitrogen and oxygen atoms in total. The molecule has 0 saturated heterocycles. The molecule has 2 unspecified atom stereocenters. The van der Waals surface area contributed by atoms with E-state index in [1.165, 1.54) is 10.9 Å². The zero-order valence-electron chi connectivity index (χ0n) is 7.79. The van der Waals surface area contributed by atoms with E-state index < -0.39 is 18.1 Å². The molecule has 1 aromatic rings. The van der Waals surface area contributed by atoms with Crippen LogP contribution in [0.25, 0.3) is 0 Å². The molecule has 6 heteroatoms. The first-order valence-corrected chi connectivity index (χ1v) is 4.14. The summed E-state index contributed by atoms with van der Waals surface area (Å²) in [4.78, 5) is 10.5. The summed E-state index contributed by atoms with van der Waals surface area (Å²) in [6, 6.07) is 1.56. The van der Waals surface area contributed by atoms with Crippen molar-refractivity contribution >= 4 is 5.91 Å². The molecule has 1 amide bonds. The predicted molar refractivity (Wildman–Crippen MR) is 48.0 cm³/mol. The molecule has 0 radical (unpaired) electrons. The van der Waals surface area contributed by atoms with Crippen LogP contribution in [0.15, 0.2) is 12.3 Å². The van der Waals surface area contributed by atoms with Gasteiger partial charge >= 0.3 is 0 Å². The highest BCUT2D eigenvalue weighted by Gasteiger charge is 2.22. The average molecular weight is 199 g/mol. The van der Waals surface area contributed by atoms with Crippen molar-refractivity contribution in [3.63, 3.8) is 0 Å². The van der Waals surface area contributed by atoms with Gasteiger partial charge in [0.15, 0.2) is 0 Å². The van der Waals surface area contributed by atoms with Crippen LogP contribution < -0.4 is 5.73 Å². The average Bonchev–Trinajstić information content (AvgIpc) is 2.48. The minimum Gasteiger partial charge on any atom is -0.389 e. The summed E-state index contributed by atoms with van der Waals surface area (Å²) in [7, 11) is 1.63. The molecule has 4 N–H and O–H groups in total. The van der Waals surface area contributed by atoms with E-state index in [2.05, 4.69) is 5.10 Å². The summed E-state index contributed by atoms with van der Waals surface area (Å²) in [5, 5.41) is 22.8. The van der Waals surface area contributed by atoms with Gasteiger partial charge in [0, 0.05) is 13.2 Å². The third kappa shape index (κ3) is 2.30. The molecule has 78 valence electrons. The molecule has 0 bridgehead atoms. The topological polar surface area (TPSA) is 101 Å². The minimum atomic E-state index is -1.19. The Labute approximate surface area is 81.0 Å². The van der Waals surface area contributed by atoms with Crippen molar-refractivity contribution in [2.45, 2.75) is 18.6 Å². The second-order valence-electron chi connectivity index (χ2n) is 3.06. The number of nitrogens with two attached hydrogens (primary N) is 1. The molecule has 0 aliphatic carbocycles. The first-order chi connectivity index (χ1) is 6.52. The zero-order chi connectivity index (χ0) is 10.7. The van der Waals surface area contributed by atoms with Gasteiger partial charge in [-0.15, -0.1) is 0 Å². The molecular weight excluding hydrogens is 186 g/mol. The Kier molecular flexibility index (Phi) is 3.21. The fraction of sp³-hybridized carbons (Fsp3) is 0.500. The van der Waals surface area contributed by atoms with E-state index in [0.717, 1.165) is 0 Å². The molecule has 0 fully saturated rings. The van der Waals surface area contributed by atoms with Crippen LogP contribution in [-0.2, 0) is 11.8 Å². The second kappa shape index (κ2) is 4.21. The number of hydrogen-bond donors (Lipinski definition) is 3. The Morgan fingerprint density at radius 2 is 2.36 bits per heavy atom. The molecular formula is C8H13N3O3. The van der Waals surface area contributed by atoms with Crippen molar-refractivity contribution in [3.8, 4) is 0 Å². The van der Waals surface area contributed by atoms with E-state index in [9.17, 15) is 15.0 Å². The molecule has 0 aliphatic rings. The third-order valence-electron chi connectivity index (χ3n) is 1.94. The standard InChI is InChI=1S/C8H13N3O3/c1-11-5(2-3-10-11)8(14)6(12)4-7(9)13/h2-3,6,8,12,14H,4H2,1H3,(H2,9,13). The number of carbonyl (C=O) groups excluding carboxylic acids is 1. The Balaban J connectivity index is 2.70. The normalized spacial score (nSPS) is 15.1. The molecule has 2 atom stereocenters. The van der Waals surface area contributed by atoms with Gasteiger partial charge in [-0.3, -0.25) is 9.48 Å². The van der Waals surface area contributed by atoms with Crippen LogP contribution >= 0.6 is 0 Å². The number of primary amides is 1. The minimum absolute atomic E-state index is 0.271. The highest BCUT2D eigenvalue weighted by atomic mass is 16.3. The summed E-state index contributed by atoms with van der Waals surface area (Å²) >= 11 is 0. The zero-order valence-corrected chi connectivity index (χ0v) is 7.79. The third-order valence-corrected chi connectivity index (χ3v) is 1.94. The number of nitrogens with zero attached hydrogens (tertiary/aromatic N) is 2. The van der Waals surface area contributed by atoms with E-state index in [-0.39, 0.29) is 6.42 Å². The van der Waals surface area contributed by atoms with E-state index in [0.29, 0.717) is 5.69 Å². The van der Waals surface area contributed by atoms with Crippen LogP contribution in [0.4, 0.5) is 0 Å². The number of amides is 1. The number of aliphatic hydroxyl groups excluding tert-OH is 2. The van der Waals surface area contributed by atoms with E-state index in [1.54, 1.807) is 13.1 Å². The number of aryl methyl sites for hydroxylation is 1. The smallest absolute Gasteiger partial charge is 0.220 e. The molecule has 1 heterocycles. The van der Waals surface area contributed by atoms with Gasteiger partial charge in [0.05, 0.1) is 18.2 Å². The monoisotopic (exact) mass is 199 g/mol. The summed E-state index contributed by atoms with van der Waals surface area (Å²) in [6.45, 7) is 0. The Morgan fingerprint density at radius 3 is 2.79 bits per heavy atom. The van der Waals surface area contributed by atoms with Gasteiger partial charge in [-0.25, -0.2) is 0 Å². The number of aliphatic hydroxyl groups is 2. The van der Waals surface area contributed by atoms with Gasteiger partial charge in [0.2, 0.25) is 5.91 Å². The lowest BCUT2D eigenvalue weighted by molar-refractivity contribution is -0.121. The summed E-state index contributed by atoms with van der Waals surface area (Å²) in [5.41, 5.74) is 5.33. The lowest BCUT2D eigenvalue weighted by Crippen LogP contribution is -2.26. The molecule has 0 spiro atoms. The number of carbonyl (C=O) groups is 1. The SMILES string of the molecule is Cn1nccc1C(O)C(O)CC(N)=O. The fourth-order valence-corrected chi connectivity index (χ4v) is 1.19. The highest BCUT2D eigenvalue weighted by Crippen LogP contribution is 2.17. The molecule has 14 heavy (non-hydrogen) atoms. The van der Waals surface area contributed by atoms with Crippen LogP contribution in [0.3, 0.4) is 0 Å². The number of aromatic nitrogens is 2. The van der Waals surface area contributed by atoms with Gasteiger partial charge < -0.3 is 15.9 Å². The molecule has 0 aliphatic heterocycles.